The molecule has 1 saturated heterocycles. The van der Waals surface area contributed by atoms with Gasteiger partial charge in [-0.1, -0.05) is 0 Å². The van der Waals surface area contributed by atoms with Crippen LogP contribution in [-0.4, -0.2) is 62.7 Å². The molecule has 164 valence electrons. The molecule has 32 heavy (non-hydrogen) atoms. The molecule has 5 heterocycles. The zero-order valence-corrected chi connectivity index (χ0v) is 17.3. The molecule has 4 aromatic heterocycles. The first-order valence-corrected chi connectivity index (χ1v) is 10.1. The Morgan fingerprint density at radius 3 is 2.94 bits per heavy atom. The van der Waals surface area contributed by atoms with E-state index in [0.29, 0.717) is 36.8 Å². The number of hydrogen-bond donors (Lipinski definition) is 2. The zero-order chi connectivity index (χ0) is 22.1. The number of nitrogens with zero attached hydrogens (tertiary/aromatic N) is 5. The lowest BCUT2D eigenvalue weighted by Crippen LogP contribution is -2.40. The van der Waals surface area contributed by atoms with Gasteiger partial charge in [0.15, 0.2) is 17.2 Å². The summed E-state index contributed by atoms with van der Waals surface area (Å²) in [5.41, 5.74) is 9.32. The van der Waals surface area contributed by atoms with Crippen LogP contribution in [0.4, 0.5) is 5.82 Å². The zero-order valence-electron chi connectivity index (χ0n) is 17.3. The van der Waals surface area contributed by atoms with Gasteiger partial charge in [0, 0.05) is 30.2 Å². The maximum Gasteiger partial charge on any atom is 0.273 e. The largest absolute Gasteiger partial charge is 0.443 e. The van der Waals surface area contributed by atoms with Gasteiger partial charge in [-0.3, -0.25) is 4.79 Å². The molecule has 0 saturated carbocycles. The Labute approximate surface area is 182 Å². The van der Waals surface area contributed by atoms with Crippen molar-refractivity contribution >= 4 is 17.4 Å². The van der Waals surface area contributed by atoms with Crippen molar-refractivity contribution < 1.29 is 18.7 Å². The minimum absolute atomic E-state index is 0.00878. The maximum atomic E-state index is 12.9. The van der Waals surface area contributed by atoms with Crippen molar-refractivity contribution in [1.29, 1.82) is 0 Å². The molecule has 11 heteroatoms. The number of oxazole rings is 1. The van der Waals surface area contributed by atoms with Gasteiger partial charge in [-0.25, -0.2) is 19.9 Å². The minimum atomic E-state index is -0.454. The molecule has 1 amide bonds. The van der Waals surface area contributed by atoms with Gasteiger partial charge in [-0.05, 0) is 19.1 Å². The van der Waals surface area contributed by atoms with Gasteiger partial charge in [0.1, 0.15) is 17.6 Å². The second kappa shape index (κ2) is 8.36. The molecule has 0 bridgehead atoms. The van der Waals surface area contributed by atoms with Gasteiger partial charge in [-0.2, -0.15) is 0 Å². The number of nitrogen functional groups attached to an aromatic ring is 1. The summed E-state index contributed by atoms with van der Waals surface area (Å²) in [5.74, 6) is -0.231. The van der Waals surface area contributed by atoms with E-state index in [-0.39, 0.29) is 30.1 Å². The number of aromatic nitrogens is 5. The third-order valence-electron chi connectivity index (χ3n) is 5.11. The van der Waals surface area contributed by atoms with E-state index >= 15 is 0 Å². The van der Waals surface area contributed by atoms with Crippen LogP contribution in [0.1, 0.15) is 16.2 Å². The SMILES string of the molecule is Cc1cnc2ccc(-c3nc(C(=O)NCC4COCCO4)c(N)nc3-c3ncco3)cn12. The molecule has 1 aliphatic heterocycles. The smallest absolute Gasteiger partial charge is 0.273 e. The fraction of sp³-hybridized carbons (Fsp3) is 0.286. The third-order valence-corrected chi connectivity index (χ3v) is 5.11. The summed E-state index contributed by atoms with van der Waals surface area (Å²) in [5, 5.41) is 2.80. The van der Waals surface area contributed by atoms with Crippen molar-refractivity contribution in [2.24, 2.45) is 0 Å². The van der Waals surface area contributed by atoms with Crippen molar-refractivity contribution in [3.63, 3.8) is 0 Å². The molecular weight excluding hydrogens is 414 g/mol. The molecule has 1 atom stereocenters. The number of ether oxygens (including phenoxy) is 2. The van der Waals surface area contributed by atoms with Crippen LogP contribution in [-0.2, 0) is 9.47 Å². The first-order valence-electron chi connectivity index (χ1n) is 10.1. The normalized spacial score (nSPS) is 16.3. The highest BCUT2D eigenvalue weighted by Gasteiger charge is 2.23. The van der Waals surface area contributed by atoms with E-state index in [2.05, 4.69) is 25.3 Å². The van der Waals surface area contributed by atoms with Gasteiger partial charge in [-0.15, -0.1) is 0 Å². The lowest BCUT2D eigenvalue weighted by molar-refractivity contribution is -0.0855. The number of carbonyl (C=O) groups is 1. The number of anilines is 1. The highest BCUT2D eigenvalue weighted by molar-refractivity contribution is 5.97. The van der Waals surface area contributed by atoms with E-state index in [0.717, 1.165) is 11.3 Å². The van der Waals surface area contributed by atoms with Crippen molar-refractivity contribution in [2.75, 3.05) is 32.1 Å². The number of pyridine rings is 1. The van der Waals surface area contributed by atoms with E-state index < -0.39 is 5.91 Å². The molecule has 1 unspecified atom stereocenters. The molecule has 3 N–H and O–H groups in total. The van der Waals surface area contributed by atoms with Crippen molar-refractivity contribution in [3.05, 3.63) is 48.4 Å². The van der Waals surface area contributed by atoms with Crippen molar-refractivity contribution in [3.8, 4) is 22.8 Å². The minimum Gasteiger partial charge on any atom is -0.443 e. The molecule has 0 aromatic carbocycles. The lowest BCUT2D eigenvalue weighted by Gasteiger charge is -2.23. The molecular formula is C21H21N7O4. The summed E-state index contributed by atoms with van der Waals surface area (Å²) in [7, 11) is 0. The van der Waals surface area contributed by atoms with E-state index in [1.54, 1.807) is 6.20 Å². The molecule has 11 nitrogen and oxygen atoms in total. The number of nitrogens with one attached hydrogen (secondary N) is 1. The first kappa shape index (κ1) is 20.1. The van der Waals surface area contributed by atoms with Crippen LogP contribution < -0.4 is 11.1 Å². The number of amides is 1. The summed E-state index contributed by atoms with van der Waals surface area (Å²) in [6.07, 6.45) is 6.37. The average molecular weight is 435 g/mol. The fourth-order valence-electron chi connectivity index (χ4n) is 3.49. The fourth-order valence-corrected chi connectivity index (χ4v) is 3.49. The van der Waals surface area contributed by atoms with E-state index in [1.165, 1.54) is 12.5 Å². The summed E-state index contributed by atoms with van der Waals surface area (Å²) in [6, 6.07) is 3.71. The van der Waals surface area contributed by atoms with Crippen LogP contribution in [0.5, 0.6) is 0 Å². The summed E-state index contributed by atoms with van der Waals surface area (Å²) < 4.78 is 18.3. The molecule has 0 aliphatic carbocycles. The Hall–Kier alpha value is -3.83. The second-order valence-electron chi connectivity index (χ2n) is 7.32. The molecule has 4 aromatic rings. The molecule has 5 rings (SSSR count). The molecule has 0 spiro atoms. The predicted molar refractivity (Wildman–Crippen MR) is 114 cm³/mol. The van der Waals surface area contributed by atoms with Crippen LogP contribution in [0.15, 0.2) is 41.4 Å². The Morgan fingerprint density at radius 2 is 2.16 bits per heavy atom. The Kier molecular flexibility index (Phi) is 5.25. The Morgan fingerprint density at radius 1 is 1.25 bits per heavy atom. The van der Waals surface area contributed by atoms with Crippen LogP contribution in [0.3, 0.4) is 0 Å². The van der Waals surface area contributed by atoms with Gasteiger partial charge < -0.3 is 29.3 Å². The van der Waals surface area contributed by atoms with E-state index in [9.17, 15) is 4.79 Å². The number of nitrogens with two attached hydrogens (primary N) is 1. The number of aryl methyl sites for hydroxylation is 1. The van der Waals surface area contributed by atoms with Crippen molar-refractivity contribution in [1.82, 2.24) is 29.7 Å². The molecule has 1 fully saturated rings. The van der Waals surface area contributed by atoms with Crippen LogP contribution in [0.25, 0.3) is 28.5 Å². The monoisotopic (exact) mass is 435 g/mol. The topological polar surface area (TPSA) is 143 Å². The first-order chi connectivity index (χ1) is 15.6. The molecule has 0 radical (unpaired) electrons. The molecule has 1 aliphatic rings. The predicted octanol–water partition coefficient (Wildman–Crippen LogP) is 1.48. The van der Waals surface area contributed by atoms with E-state index in [4.69, 9.17) is 19.6 Å². The number of rotatable bonds is 5. The van der Waals surface area contributed by atoms with Crippen LogP contribution in [0.2, 0.25) is 0 Å². The van der Waals surface area contributed by atoms with E-state index in [1.807, 2.05) is 29.7 Å². The lowest BCUT2D eigenvalue weighted by atomic mass is 10.1. The van der Waals surface area contributed by atoms with Crippen molar-refractivity contribution in [2.45, 2.75) is 13.0 Å². The number of carbonyl (C=O) groups excluding carboxylic acids is 1. The highest BCUT2D eigenvalue weighted by Crippen LogP contribution is 2.30. The summed E-state index contributed by atoms with van der Waals surface area (Å²) in [4.78, 5) is 30.4. The van der Waals surface area contributed by atoms with Gasteiger partial charge >= 0.3 is 0 Å². The summed E-state index contributed by atoms with van der Waals surface area (Å²) in [6.45, 7) is 3.68. The van der Waals surface area contributed by atoms with Crippen LogP contribution >= 0.6 is 0 Å². The highest BCUT2D eigenvalue weighted by atomic mass is 16.6. The second-order valence-corrected chi connectivity index (χ2v) is 7.32. The third kappa shape index (κ3) is 3.79. The standard InChI is InChI=1S/C21H21N7O4/c1-12-8-24-15-3-2-13(10-28(12)15)16-17(21-23-4-5-32-21)27-19(22)18(26-16)20(29)25-9-14-11-30-6-7-31-14/h2-5,8,10,14H,6-7,9,11H2,1H3,(H2,22,27)(H,25,29). The van der Waals surface area contributed by atoms with Gasteiger partial charge in [0.2, 0.25) is 5.89 Å². The maximum absolute atomic E-state index is 12.9. The van der Waals surface area contributed by atoms with Crippen LogP contribution in [0, 0.1) is 6.92 Å². The van der Waals surface area contributed by atoms with Gasteiger partial charge in [0.25, 0.3) is 5.91 Å². The van der Waals surface area contributed by atoms with Gasteiger partial charge in [0.05, 0.1) is 32.1 Å². The Balaban J connectivity index is 1.54. The quantitative estimate of drug-likeness (QED) is 0.476. The number of hydrogen-bond acceptors (Lipinski definition) is 9. The summed E-state index contributed by atoms with van der Waals surface area (Å²) >= 11 is 0. The number of fused-ring (bicyclic) bond motifs is 1. The number of imidazole rings is 1. The average Bonchev–Trinajstić information content (AvgIpc) is 3.48. The Bertz CT molecular complexity index is 1260.